The first-order chi connectivity index (χ1) is 2.77. The van der Waals surface area contributed by atoms with E-state index in [1.54, 1.807) is 6.11 Å². The molecule has 2 nitrogen and oxygen atoms in total. The molecule has 3 heteroatoms. The summed E-state index contributed by atoms with van der Waals surface area (Å²) < 4.78 is 3.93. The molecule has 7 heavy (non-hydrogen) atoms. The third-order valence-corrected chi connectivity index (χ3v) is 0.203. The van der Waals surface area contributed by atoms with Gasteiger partial charge in [-0.3, -0.25) is 4.79 Å². The summed E-state index contributed by atoms with van der Waals surface area (Å²) in [4.78, 5) is 9.68. The van der Waals surface area contributed by atoms with Crippen molar-refractivity contribution in [1.29, 1.82) is 0 Å². The SMILES string of the molecule is C#COC(C)=O.[Cu]. The smallest absolute Gasteiger partial charge is 0.316 e. The van der Waals surface area contributed by atoms with Crippen LogP contribution < -0.4 is 0 Å². The van der Waals surface area contributed by atoms with E-state index in [2.05, 4.69) is 11.2 Å². The number of rotatable bonds is 0. The minimum atomic E-state index is -0.447. The molecular weight excluding hydrogens is 144 g/mol. The van der Waals surface area contributed by atoms with E-state index < -0.39 is 5.97 Å². The van der Waals surface area contributed by atoms with E-state index >= 15 is 0 Å². The summed E-state index contributed by atoms with van der Waals surface area (Å²) in [6.45, 7) is 1.25. The Morgan fingerprint density at radius 2 is 2.29 bits per heavy atom. The van der Waals surface area contributed by atoms with Gasteiger partial charge in [0, 0.05) is 24.0 Å². The Labute approximate surface area is 52.7 Å². The second-order valence-corrected chi connectivity index (χ2v) is 0.711. The van der Waals surface area contributed by atoms with Crippen LogP contribution in [0.1, 0.15) is 6.92 Å². The summed E-state index contributed by atoms with van der Waals surface area (Å²) in [5, 5.41) is 0. The van der Waals surface area contributed by atoms with Gasteiger partial charge in [0.15, 0.2) is 0 Å². The fourth-order valence-corrected chi connectivity index (χ4v) is 0.0830. The number of ether oxygens (including phenoxy) is 1. The maximum Gasteiger partial charge on any atom is 0.316 e. The Bertz CT molecular complexity index is 92.4. The molecule has 0 aromatic rings. The van der Waals surface area contributed by atoms with Gasteiger partial charge in [0.25, 0.3) is 0 Å². The third kappa shape index (κ3) is 10.8. The quantitative estimate of drug-likeness (QED) is 0.277. The van der Waals surface area contributed by atoms with Crippen LogP contribution in [0.3, 0.4) is 0 Å². The summed E-state index contributed by atoms with van der Waals surface area (Å²) in [5.74, 6) is -0.447. The first kappa shape index (κ1) is 9.75. The zero-order valence-corrected chi connectivity index (χ0v) is 4.64. The summed E-state index contributed by atoms with van der Waals surface area (Å²) >= 11 is 0. The van der Waals surface area contributed by atoms with Gasteiger partial charge in [-0.15, -0.1) is 0 Å². The van der Waals surface area contributed by atoms with Crippen LogP contribution in [0.2, 0.25) is 0 Å². The molecule has 0 amide bonds. The van der Waals surface area contributed by atoms with Crippen LogP contribution in [0.4, 0.5) is 0 Å². The van der Waals surface area contributed by atoms with Gasteiger partial charge in [-0.2, -0.15) is 0 Å². The molecular formula is C4H4CuO2. The molecule has 0 aliphatic carbocycles. The molecule has 43 valence electrons. The molecule has 1 radical (unpaired) electrons. The van der Waals surface area contributed by atoms with Crippen LogP contribution in [0, 0.1) is 12.5 Å². The first-order valence-electron chi connectivity index (χ1n) is 1.40. The monoisotopic (exact) mass is 147 g/mol. The predicted octanol–water partition coefficient (Wildman–Crippen LogP) is 0.138. The second kappa shape index (κ2) is 5.55. The van der Waals surface area contributed by atoms with Gasteiger partial charge in [0.05, 0.1) is 0 Å². The topological polar surface area (TPSA) is 26.3 Å². The summed E-state index contributed by atoms with van der Waals surface area (Å²) in [5.41, 5.74) is 0. The van der Waals surface area contributed by atoms with Crippen molar-refractivity contribution < 1.29 is 26.6 Å². The molecule has 0 spiro atoms. The minimum absolute atomic E-state index is 0. The first-order valence-corrected chi connectivity index (χ1v) is 1.40. The average molecular weight is 148 g/mol. The van der Waals surface area contributed by atoms with E-state index in [1.165, 1.54) is 6.92 Å². The van der Waals surface area contributed by atoms with Gasteiger partial charge in [-0.25, -0.2) is 0 Å². The Kier molecular flexibility index (Phi) is 7.73. The molecule has 0 aliphatic rings. The summed E-state index contributed by atoms with van der Waals surface area (Å²) in [6, 6.07) is 0. The number of esters is 1. The van der Waals surface area contributed by atoms with Crippen molar-refractivity contribution in [1.82, 2.24) is 0 Å². The van der Waals surface area contributed by atoms with Gasteiger partial charge >= 0.3 is 5.97 Å². The fourth-order valence-electron chi connectivity index (χ4n) is 0.0830. The minimum Gasteiger partial charge on any atom is -0.373 e. The Balaban J connectivity index is 0. The molecule has 0 fully saturated rings. The number of carbonyl (C=O) groups is 1. The fraction of sp³-hybridized carbons (Fsp3) is 0.250. The van der Waals surface area contributed by atoms with Crippen molar-refractivity contribution in [2.75, 3.05) is 0 Å². The predicted molar refractivity (Wildman–Crippen MR) is 20.6 cm³/mol. The van der Waals surface area contributed by atoms with Crippen molar-refractivity contribution in [3.05, 3.63) is 0 Å². The number of hydrogen-bond acceptors (Lipinski definition) is 2. The summed E-state index contributed by atoms with van der Waals surface area (Å²) in [7, 11) is 0. The molecule has 0 aliphatic heterocycles. The Morgan fingerprint density at radius 1 is 1.86 bits per heavy atom. The van der Waals surface area contributed by atoms with Crippen molar-refractivity contribution in [3.63, 3.8) is 0 Å². The van der Waals surface area contributed by atoms with Gasteiger partial charge in [-0.05, 0) is 0 Å². The van der Waals surface area contributed by atoms with Gasteiger partial charge in [0.2, 0.25) is 0 Å². The van der Waals surface area contributed by atoms with Crippen LogP contribution >= 0.6 is 0 Å². The Morgan fingerprint density at radius 3 is 2.29 bits per heavy atom. The largest absolute Gasteiger partial charge is 0.373 e. The van der Waals surface area contributed by atoms with E-state index in [9.17, 15) is 4.79 Å². The molecule has 0 aromatic heterocycles. The average Bonchev–Trinajstić information content (AvgIpc) is 1.35. The zero-order valence-electron chi connectivity index (χ0n) is 3.70. The molecule has 0 saturated heterocycles. The third-order valence-electron chi connectivity index (χ3n) is 0.203. The van der Waals surface area contributed by atoms with Gasteiger partial charge in [0.1, 0.15) is 6.11 Å². The van der Waals surface area contributed by atoms with E-state index in [0.29, 0.717) is 0 Å². The number of carbonyl (C=O) groups excluding carboxylic acids is 1. The van der Waals surface area contributed by atoms with E-state index in [4.69, 9.17) is 0 Å². The van der Waals surface area contributed by atoms with E-state index in [-0.39, 0.29) is 17.1 Å². The van der Waals surface area contributed by atoms with Crippen LogP contribution in [-0.4, -0.2) is 5.97 Å². The molecule has 0 saturated carbocycles. The van der Waals surface area contributed by atoms with E-state index in [0.717, 1.165) is 0 Å². The van der Waals surface area contributed by atoms with Crippen LogP contribution in [-0.2, 0) is 26.6 Å². The van der Waals surface area contributed by atoms with Crippen molar-refractivity contribution in [2.24, 2.45) is 0 Å². The maximum atomic E-state index is 9.68. The normalized spacial score (nSPS) is 5.14. The van der Waals surface area contributed by atoms with E-state index in [1.807, 2.05) is 0 Å². The van der Waals surface area contributed by atoms with Crippen molar-refractivity contribution >= 4 is 5.97 Å². The van der Waals surface area contributed by atoms with Gasteiger partial charge < -0.3 is 4.74 Å². The molecule has 0 unspecified atom stereocenters. The molecule has 0 bridgehead atoms. The second-order valence-electron chi connectivity index (χ2n) is 0.711. The van der Waals surface area contributed by atoms with Gasteiger partial charge in [-0.1, -0.05) is 6.42 Å². The van der Waals surface area contributed by atoms with Crippen LogP contribution in [0.25, 0.3) is 0 Å². The number of terminal acetylenes is 1. The summed E-state index contributed by atoms with van der Waals surface area (Å²) in [6.07, 6.45) is 6.25. The Hall–Kier alpha value is -0.451. The standard InChI is InChI=1S/C4H4O2.Cu/c1-3-6-4(2)5;/h1H,2H3;. The molecule has 0 aromatic carbocycles. The number of hydrogen-bond donors (Lipinski definition) is 0. The van der Waals surface area contributed by atoms with Crippen molar-refractivity contribution in [3.8, 4) is 12.5 Å². The maximum absolute atomic E-state index is 9.68. The van der Waals surface area contributed by atoms with Crippen LogP contribution in [0.15, 0.2) is 0 Å². The zero-order chi connectivity index (χ0) is 4.99. The van der Waals surface area contributed by atoms with Crippen molar-refractivity contribution in [2.45, 2.75) is 6.92 Å². The molecule has 0 heterocycles. The molecule has 0 atom stereocenters. The molecule has 0 N–H and O–H groups in total. The molecule has 0 rings (SSSR count). The van der Waals surface area contributed by atoms with Crippen LogP contribution in [0.5, 0.6) is 0 Å².